The first-order chi connectivity index (χ1) is 10.1. The maximum absolute atomic E-state index is 13.4. The highest BCUT2D eigenvalue weighted by Crippen LogP contribution is 2.23. The lowest BCUT2D eigenvalue weighted by Crippen LogP contribution is -1.97. The summed E-state index contributed by atoms with van der Waals surface area (Å²) in [6, 6.07) is 6.17. The van der Waals surface area contributed by atoms with E-state index in [1.165, 1.54) is 23.5 Å². The second-order valence-corrected chi connectivity index (χ2v) is 5.28. The monoisotopic (exact) mass is 307 g/mol. The van der Waals surface area contributed by atoms with Crippen LogP contribution in [0.5, 0.6) is 5.75 Å². The van der Waals surface area contributed by atoms with E-state index in [0.29, 0.717) is 11.4 Å². The second kappa shape index (κ2) is 6.99. The fraction of sp³-hybridized carbons (Fsp3) is 0.200. The molecule has 1 N–H and O–H groups in total. The number of nitrogens with zero attached hydrogens (tertiary/aromatic N) is 1. The predicted molar refractivity (Wildman–Crippen MR) is 78.9 cm³/mol. The normalized spacial score (nSPS) is 11.0. The maximum Gasteiger partial charge on any atom is 0.328 e. The molecule has 110 valence electrons. The number of hydrogen-bond acceptors (Lipinski definition) is 4. The van der Waals surface area contributed by atoms with Gasteiger partial charge in [-0.1, -0.05) is 19.1 Å². The Kier molecular flexibility index (Phi) is 5.05. The van der Waals surface area contributed by atoms with Crippen LogP contribution in [-0.2, 0) is 17.8 Å². The molecule has 1 heterocycles. The molecular formula is C15H14FNO3S. The Labute approximate surface area is 125 Å². The minimum atomic E-state index is -1.00. The number of ether oxygens (including phenoxy) is 1. The van der Waals surface area contributed by atoms with Gasteiger partial charge in [-0.25, -0.2) is 14.2 Å². The minimum absolute atomic E-state index is 0.152. The fourth-order valence-corrected chi connectivity index (χ4v) is 2.68. The van der Waals surface area contributed by atoms with Crippen molar-refractivity contribution in [3.8, 4) is 5.75 Å². The number of para-hydroxylation sites is 1. The van der Waals surface area contributed by atoms with E-state index in [4.69, 9.17) is 9.84 Å². The van der Waals surface area contributed by atoms with Gasteiger partial charge in [-0.05, 0) is 24.6 Å². The molecule has 4 nitrogen and oxygen atoms in total. The summed E-state index contributed by atoms with van der Waals surface area (Å²) in [6.45, 7) is 2.09. The Morgan fingerprint density at radius 3 is 2.90 bits per heavy atom. The van der Waals surface area contributed by atoms with E-state index >= 15 is 0 Å². The summed E-state index contributed by atoms with van der Waals surface area (Å²) in [5.41, 5.74) is 0.810. The van der Waals surface area contributed by atoms with Gasteiger partial charge in [0.2, 0.25) is 0 Å². The van der Waals surface area contributed by atoms with Crippen molar-refractivity contribution in [3.05, 3.63) is 51.7 Å². The number of carbonyl (C=O) groups is 1. The lowest BCUT2D eigenvalue weighted by Gasteiger charge is -2.04. The lowest BCUT2D eigenvalue weighted by molar-refractivity contribution is -0.131. The van der Waals surface area contributed by atoms with Gasteiger partial charge in [0.25, 0.3) is 0 Å². The van der Waals surface area contributed by atoms with Crippen LogP contribution in [-0.4, -0.2) is 16.1 Å². The molecule has 0 spiro atoms. The number of carboxylic acid groups (broad SMARTS) is 1. The Morgan fingerprint density at radius 1 is 1.48 bits per heavy atom. The van der Waals surface area contributed by atoms with Crippen molar-refractivity contribution in [1.82, 2.24) is 4.98 Å². The van der Waals surface area contributed by atoms with Crippen LogP contribution >= 0.6 is 11.3 Å². The molecule has 0 aliphatic rings. The number of aromatic nitrogens is 1. The zero-order valence-corrected chi connectivity index (χ0v) is 12.2. The number of hydrogen-bond donors (Lipinski definition) is 1. The Balaban J connectivity index is 2.11. The van der Waals surface area contributed by atoms with Crippen molar-refractivity contribution >= 4 is 23.4 Å². The topological polar surface area (TPSA) is 59.4 Å². The van der Waals surface area contributed by atoms with Gasteiger partial charge in [0.1, 0.15) is 11.6 Å². The number of carboxylic acids is 1. The quantitative estimate of drug-likeness (QED) is 0.830. The molecule has 1 aromatic heterocycles. The molecule has 0 saturated heterocycles. The number of aryl methyl sites for hydroxylation is 1. The van der Waals surface area contributed by atoms with Crippen LogP contribution in [0.25, 0.3) is 6.08 Å². The highest BCUT2D eigenvalue weighted by Gasteiger charge is 2.09. The van der Waals surface area contributed by atoms with Crippen molar-refractivity contribution < 1.29 is 19.0 Å². The van der Waals surface area contributed by atoms with Crippen LogP contribution in [0.2, 0.25) is 0 Å². The van der Waals surface area contributed by atoms with E-state index in [1.54, 1.807) is 18.2 Å². The van der Waals surface area contributed by atoms with Crippen LogP contribution in [0, 0.1) is 5.82 Å². The molecule has 0 bridgehead atoms. The summed E-state index contributed by atoms with van der Waals surface area (Å²) in [5, 5.41) is 9.34. The molecule has 0 atom stereocenters. The van der Waals surface area contributed by atoms with Gasteiger partial charge in [-0.3, -0.25) is 0 Å². The molecule has 0 aliphatic heterocycles. The molecule has 0 amide bonds. The van der Waals surface area contributed by atoms with E-state index in [2.05, 4.69) is 4.98 Å². The van der Waals surface area contributed by atoms with Crippen LogP contribution < -0.4 is 4.74 Å². The van der Waals surface area contributed by atoms with Crippen LogP contribution in [0.4, 0.5) is 4.39 Å². The first-order valence-electron chi connectivity index (χ1n) is 6.37. The summed E-state index contributed by atoms with van der Waals surface area (Å²) < 4.78 is 18.8. The largest absolute Gasteiger partial charge is 0.483 e. The average Bonchev–Trinajstić information content (AvgIpc) is 2.86. The lowest BCUT2D eigenvalue weighted by atomic mass is 10.3. The number of thiazole rings is 1. The molecule has 21 heavy (non-hydrogen) atoms. The van der Waals surface area contributed by atoms with Crippen molar-refractivity contribution in [3.63, 3.8) is 0 Å². The first-order valence-corrected chi connectivity index (χ1v) is 7.18. The highest BCUT2D eigenvalue weighted by atomic mass is 32.1. The Hall–Kier alpha value is -2.21. The average molecular weight is 307 g/mol. The summed E-state index contributed by atoms with van der Waals surface area (Å²) >= 11 is 1.34. The third kappa shape index (κ3) is 4.13. The molecule has 0 fully saturated rings. The zero-order valence-electron chi connectivity index (χ0n) is 11.4. The van der Waals surface area contributed by atoms with Gasteiger partial charge < -0.3 is 9.84 Å². The van der Waals surface area contributed by atoms with Crippen molar-refractivity contribution in [2.45, 2.75) is 20.0 Å². The summed E-state index contributed by atoms with van der Waals surface area (Å²) in [4.78, 5) is 15.7. The van der Waals surface area contributed by atoms with Crippen molar-refractivity contribution in [1.29, 1.82) is 0 Å². The molecule has 2 aromatic rings. The fourth-order valence-electron chi connectivity index (χ4n) is 1.71. The van der Waals surface area contributed by atoms with Gasteiger partial charge in [-0.2, -0.15) is 0 Å². The van der Waals surface area contributed by atoms with Crippen LogP contribution in [0.3, 0.4) is 0 Å². The summed E-state index contributed by atoms with van der Waals surface area (Å²) in [7, 11) is 0. The Bertz CT molecular complexity index is 667. The second-order valence-electron chi connectivity index (χ2n) is 4.16. The van der Waals surface area contributed by atoms with Gasteiger partial charge in [-0.15, -0.1) is 11.3 Å². The number of halogens is 1. The smallest absolute Gasteiger partial charge is 0.328 e. The van der Waals surface area contributed by atoms with E-state index in [1.807, 2.05) is 6.92 Å². The molecule has 6 heteroatoms. The van der Waals surface area contributed by atoms with Gasteiger partial charge in [0.15, 0.2) is 11.6 Å². The highest BCUT2D eigenvalue weighted by molar-refractivity contribution is 7.12. The molecular weight excluding hydrogens is 293 g/mol. The number of benzene rings is 1. The molecule has 0 saturated carbocycles. The summed E-state index contributed by atoms with van der Waals surface area (Å²) in [6.07, 6.45) is 3.29. The maximum atomic E-state index is 13.4. The van der Waals surface area contributed by atoms with Crippen molar-refractivity contribution in [2.24, 2.45) is 0 Å². The molecule has 2 rings (SSSR count). The summed E-state index contributed by atoms with van der Waals surface area (Å²) in [5.74, 6) is -1.25. The molecule has 0 radical (unpaired) electrons. The van der Waals surface area contributed by atoms with E-state index in [9.17, 15) is 9.18 Å². The van der Waals surface area contributed by atoms with Crippen LogP contribution in [0.1, 0.15) is 22.5 Å². The van der Waals surface area contributed by atoms with Gasteiger partial charge in [0, 0.05) is 6.08 Å². The number of aliphatic carboxylic acids is 1. The van der Waals surface area contributed by atoms with E-state index < -0.39 is 11.8 Å². The third-order valence-corrected chi connectivity index (χ3v) is 3.71. The minimum Gasteiger partial charge on any atom is -0.483 e. The van der Waals surface area contributed by atoms with Gasteiger partial charge >= 0.3 is 5.97 Å². The first kappa shape index (κ1) is 15.2. The SMILES string of the molecule is CCc1nc(COc2ccccc2F)sc1/C=C/C(=O)O. The molecule has 1 aromatic carbocycles. The Morgan fingerprint density at radius 2 is 2.24 bits per heavy atom. The molecule has 0 aliphatic carbocycles. The molecule has 0 unspecified atom stereocenters. The number of rotatable bonds is 6. The zero-order chi connectivity index (χ0) is 15.2. The van der Waals surface area contributed by atoms with Gasteiger partial charge in [0.05, 0.1) is 10.6 Å². The van der Waals surface area contributed by atoms with Crippen LogP contribution in [0.15, 0.2) is 30.3 Å². The van der Waals surface area contributed by atoms with Crippen molar-refractivity contribution in [2.75, 3.05) is 0 Å². The van der Waals surface area contributed by atoms with E-state index in [0.717, 1.165) is 16.6 Å². The third-order valence-electron chi connectivity index (χ3n) is 2.67. The predicted octanol–water partition coefficient (Wildman–Crippen LogP) is 3.52. The standard InChI is InChI=1S/C15H14FNO3S/c1-2-11-13(7-8-15(18)19)21-14(17-11)9-20-12-6-4-3-5-10(12)16/h3-8H,2,9H2,1H3,(H,18,19)/b8-7+. The van der Waals surface area contributed by atoms with E-state index in [-0.39, 0.29) is 12.4 Å².